The lowest BCUT2D eigenvalue weighted by Gasteiger charge is -2.56. The van der Waals surface area contributed by atoms with Crippen LogP contribution in [0.3, 0.4) is 0 Å². The predicted octanol–water partition coefficient (Wildman–Crippen LogP) is 7.54. The van der Waals surface area contributed by atoms with Gasteiger partial charge in [-0.05, 0) is 142 Å². The van der Waals surface area contributed by atoms with E-state index in [1.54, 1.807) is 6.07 Å². The Hall–Kier alpha value is -2.28. The second-order valence-electron chi connectivity index (χ2n) is 14.0. The minimum Gasteiger partial charge on any atom is -0.506 e. The van der Waals surface area contributed by atoms with Crippen molar-refractivity contribution in [2.75, 3.05) is 26.2 Å². The van der Waals surface area contributed by atoms with Crippen molar-refractivity contribution in [1.82, 2.24) is 4.90 Å². The standard InChI is InChI=1S/C36H48ClNO5/c1-35-23-29(24-7-9-25(10-8-24)43-22-6-5-21-38-19-3-2-4-20-38)33-26-13-14-31(39)34(37)27(26)11-12-28(33)30(35)15-17-36(35,42)18-16-32(40)41/h7-10,13-14,28-30,33,39,42H,2-6,11-12,15-23H2,1H3,(H,40,41)/t28-,29+,30-,33+,35-,36+/m0/s1. The highest BCUT2D eigenvalue weighted by Gasteiger charge is 2.63. The number of ether oxygens (including phenoxy) is 1. The number of phenols is 1. The highest BCUT2D eigenvalue weighted by Crippen LogP contribution is 2.68. The maximum atomic E-state index is 12.1. The minimum absolute atomic E-state index is 0.0145. The molecule has 2 saturated carbocycles. The molecule has 7 heteroatoms. The fraction of sp³-hybridized carbons (Fsp3) is 0.639. The number of carboxylic acid groups (broad SMARTS) is 1. The van der Waals surface area contributed by atoms with E-state index in [4.69, 9.17) is 16.3 Å². The summed E-state index contributed by atoms with van der Waals surface area (Å²) in [6, 6.07) is 12.3. The van der Waals surface area contributed by atoms with Gasteiger partial charge in [-0.3, -0.25) is 4.79 Å². The highest BCUT2D eigenvalue weighted by atomic mass is 35.5. The molecule has 0 spiro atoms. The summed E-state index contributed by atoms with van der Waals surface area (Å²) in [5, 5.41) is 32.4. The summed E-state index contributed by atoms with van der Waals surface area (Å²) in [7, 11) is 0. The molecule has 1 aliphatic heterocycles. The Bertz CT molecular complexity index is 1290. The molecular formula is C36H48ClNO5. The molecular weight excluding hydrogens is 562 g/mol. The molecule has 43 heavy (non-hydrogen) atoms. The number of hydrogen-bond donors (Lipinski definition) is 3. The number of phenolic OH excluding ortho intramolecular Hbond substituents is 1. The van der Waals surface area contributed by atoms with E-state index in [1.165, 1.54) is 43.5 Å². The van der Waals surface area contributed by atoms with Gasteiger partial charge >= 0.3 is 5.97 Å². The molecule has 0 amide bonds. The van der Waals surface area contributed by atoms with Gasteiger partial charge in [0.05, 0.1) is 17.2 Å². The minimum atomic E-state index is -0.997. The van der Waals surface area contributed by atoms with E-state index in [-0.39, 0.29) is 29.4 Å². The molecule has 2 aromatic carbocycles. The maximum absolute atomic E-state index is 12.1. The van der Waals surface area contributed by atoms with Crippen LogP contribution in [0.4, 0.5) is 0 Å². The van der Waals surface area contributed by atoms with Crippen molar-refractivity contribution < 1.29 is 24.9 Å². The van der Waals surface area contributed by atoms with Crippen LogP contribution in [-0.4, -0.2) is 58.0 Å². The Morgan fingerprint density at radius 2 is 1.84 bits per heavy atom. The van der Waals surface area contributed by atoms with E-state index in [2.05, 4.69) is 42.2 Å². The van der Waals surface area contributed by atoms with Crippen LogP contribution in [0, 0.1) is 17.3 Å². The number of carbonyl (C=O) groups is 1. The zero-order chi connectivity index (χ0) is 30.2. The number of aromatic hydroxyl groups is 1. The van der Waals surface area contributed by atoms with Crippen LogP contribution in [0.5, 0.6) is 11.5 Å². The van der Waals surface area contributed by atoms with E-state index < -0.39 is 11.6 Å². The van der Waals surface area contributed by atoms with Crippen molar-refractivity contribution in [3.8, 4) is 11.5 Å². The van der Waals surface area contributed by atoms with Crippen LogP contribution in [-0.2, 0) is 11.2 Å². The van der Waals surface area contributed by atoms with E-state index in [1.807, 2.05) is 0 Å². The van der Waals surface area contributed by atoms with Crippen LogP contribution in [0.2, 0.25) is 5.02 Å². The summed E-state index contributed by atoms with van der Waals surface area (Å²) in [5.74, 6) is 1.19. The number of halogens is 1. The van der Waals surface area contributed by atoms with E-state index >= 15 is 0 Å². The van der Waals surface area contributed by atoms with E-state index in [0.29, 0.717) is 36.3 Å². The number of carboxylic acids is 1. The monoisotopic (exact) mass is 609 g/mol. The van der Waals surface area contributed by atoms with Gasteiger partial charge in [0.25, 0.3) is 0 Å². The maximum Gasteiger partial charge on any atom is 0.303 e. The number of rotatable bonds is 10. The number of fused-ring (bicyclic) bond motifs is 5. The average Bonchev–Trinajstić information content (AvgIpc) is 3.28. The van der Waals surface area contributed by atoms with E-state index in [9.17, 15) is 20.1 Å². The van der Waals surface area contributed by atoms with Crippen molar-refractivity contribution in [1.29, 1.82) is 0 Å². The fourth-order valence-corrected chi connectivity index (χ4v) is 9.77. The number of likely N-dealkylation sites (tertiary alicyclic amines) is 1. The molecule has 1 heterocycles. The zero-order valence-corrected chi connectivity index (χ0v) is 26.3. The lowest BCUT2D eigenvalue weighted by atomic mass is 9.49. The van der Waals surface area contributed by atoms with Crippen molar-refractivity contribution in [3.63, 3.8) is 0 Å². The van der Waals surface area contributed by atoms with Gasteiger partial charge in [-0.1, -0.05) is 43.1 Å². The molecule has 3 N–H and O–H groups in total. The summed E-state index contributed by atoms with van der Waals surface area (Å²) in [5.41, 5.74) is 2.12. The first-order chi connectivity index (χ1) is 20.7. The number of unbranched alkanes of at least 4 members (excludes halogenated alkanes) is 1. The quantitative estimate of drug-likeness (QED) is 0.241. The molecule has 0 radical (unpaired) electrons. The third-order valence-electron chi connectivity index (χ3n) is 11.8. The summed E-state index contributed by atoms with van der Waals surface area (Å²) in [4.78, 5) is 14.1. The Morgan fingerprint density at radius 3 is 2.58 bits per heavy atom. The molecule has 6 nitrogen and oxygen atoms in total. The first kappa shape index (κ1) is 30.7. The van der Waals surface area contributed by atoms with Crippen LogP contribution in [0.25, 0.3) is 0 Å². The van der Waals surface area contributed by atoms with Gasteiger partial charge in [0.15, 0.2) is 0 Å². The second-order valence-corrected chi connectivity index (χ2v) is 14.4. The number of aliphatic carboxylic acids is 1. The summed E-state index contributed by atoms with van der Waals surface area (Å²) < 4.78 is 6.15. The normalized spacial score (nSPS) is 32.1. The van der Waals surface area contributed by atoms with Gasteiger partial charge in [-0.25, -0.2) is 0 Å². The molecule has 6 rings (SSSR count). The molecule has 234 valence electrons. The van der Waals surface area contributed by atoms with Crippen LogP contribution in [0.1, 0.15) is 106 Å². The number of aliphatic hydroxyl groups is 1. The van der Waals surface area contributed by atoms with Crippen LogP contribution < -0.4 is 4.74 Å². The topological polar surface area (TPSA) is 90.2 Å². The first-order valence-electron chi connectivity index (χ1n) is 16.6. The van der Waals surface area contributed by atoms with Gasteiger partial charge in [-0.2, -0.15) is 0 Å². The predicted molar refractivity (Wildman–Crippen MR) is 169 cm³/mol. The molecule has 3 fully saturated rings. The Balaban J connectivity index is 1.22. The molecule has 4 aliphatic rings. The molecule has 0 bridgehead atoms. The Kier molecular flexibility index (Phi) is 9.01. The molecule has 0 unspecified atom stereocenters. The SMILES string of the molecule is C[C@]12C[C@H](c3ccc(OCCCCN4CCCCC4)cc3)[C@@H]3c4ccc(O)c(Cl)c4CC[C@H]3[C@@H]1CC[C@@]2(O)CCC(=O)O. The number of hydrogen-bond acceptors (Lipinski definition) is 5. The van der Waals surface area contributed by atoms with Crippen LogP contribution >= 0.6 is 11.6 Å². The smallest absolute Gasteiger partial charge is 0.303 e. The highest BCUT2D eigenvalue weighted by molar-refractivity contribution is 6.32. The molecule has 1 saturated heterocycles. The molecule has 6 atom stereocenters. The average molecular weight is 610 g/mol. The number of nitrogens with zero attached hydrogens (tertiary/aromatic N) is 1. The zero-order valence-electron chi connectivity index (χ0n) is 25.6. The molecule has 2 aromatic rings. The van der Waals surface area contributed by atoms with Gasteiger partial charge < -0.3 is 25.0 Å². The number of piperidine rings is 1. The Labute approximate surface area is 261 Å². The fourth-order valence-electron chi connectivity index (χ4n) is 9.50. The second kappa shape index (κ2) is 12.6. The van der Waals surface area contributed by atoms with Crippen molar-refractivity contribution in [2.24, 2.45) is 17.3 Å². The van der Waals surface area contributed by atoms with Gasteiger partial charge in [0, 0.05) is 11.8 Å². The lowest BCUT2D eigenvalue weighted by Crippen LogP contribution is -2.53. The van der Waals surface area contributed by atoms with Gasteiger partial charge in [0.1, 0.15) is 11.5 Å². The van der Waals surface area contributed by atoms with Crippen LogP contribution in [0.15, 0.2) is 36.4 Å². The molecule has 3 aliphatic carbocycles. The molecule has 0 aromatic heterocycles. The summed E-state index contributed by atoms with van der Waals surface area (Å²) in [6.45, 7) is 6.57. The van der Waals surface area contributed by atoms with Crippen molar-refractivity contribution in [3.05, 3.63) is 58.1 Å². The van der Waals surface area contributed by atoms with Crippen molar-refractivity contribution in [2.45, 2.75) is 101 Å². The third-order valence-corrected chi connectivity index (χ3v) is 12.2. The largest absolute Gasteiger partial charge is 0.506 e. The van der Waals surface area contributed by atoms with E-state index in [0.717, 1.165) is 56.4 Å². The van der Waals surface area contributed by atoms with Gasteiger partial charge in [-0.15, -0.1) is 0 Å². The lowest BCUT2D eigenvalue weighted by molar-refractivity contribution is -0.143. The van der Waals surface area contributed by atoms with Crippen molar-refractivity contribution >= 4 is 17.6 Å². The summed E-state index contributed by atoms with van der Waals surface area (Å²) >= 11 is 6.66. The first-order valence-corrected chi connectivity index (χ1v) is 17.0. The Morgan fingerprint density at radius 1 is 1.07 bits per heavy atom. The van der Waals surface area contributed by atoms with Gasteiger partial charge in [0.2, 0.25) is 0 Å². The third kappa shape index (κ3) is 5.92. The summed E-state index contributed by atoms with van der Waals surface area (Å²) in [6.07, 6.45) is 10.6. The number of benzene rings is 2.